The number of nitrogens with zero attached hydrogens (tertiary/aromatic N) is 2. The number of fused-ring (bicyclic) bond motifs is 1. The van der Waals surface area contributed by atoms with Gasteiger partial charge in [-0.25, -0.2) is 0 Å². The molecule has 2 unspecified atom stereocenters. The quantitative estimate of drug-likeness (QED) is 0.0328. The van der Waals surface area contributed by atoms with Crippen LogP contribution in [0.5, 0.6) is 0 Å². The maximum atomic E-state index is 15.7. The Kier molecular flexibility index (Phi) is 28.0. The van der Waals surface area contributed by atoms with Gasteiger partial charge in [-0.3, -0.25) is 0 Å². The van der Waals surface area contributed by atoms with Crippen LogP contribution in [0.25, 0.3) is 32.9 Å². The van der Waals surface area contributed by atoms with Gasteiger partial charge in [0.1, 0.15) is 0 Å². The summed E-state index contributed by atoms with van der Waals surface area (Å²) in [5, 5.41) is 2.13. The van der Waals surface area contributed by atoms with E-state index in [1.165, 1.54) is 198 Å². The molecule has 6 heterocycles. The molecule has 0 radical (unpaired) electrons. The number of hydrogen-bond donors (Lipinski definition) is 0. The Morgan fingerprint density at radius 2 is 0.889 bits per heavy atom. The van der Waals surface area contributed by atoms with Crippen LogP contribution in [0.1, 0.15) is 252 Å². The van der Waals surface area contributed by atoms with Crippen LogP contribution in [0.2, 0.25) is 0 Å². The molecule has 0 N–H and O–H groups in total. The Morgan fingerprint density at radius 1 is 0.458 bits per heavy atom. The van der Waals surface area contributed by atoms with Crippen LogP contribution in [0.15, 0.2) is 70.0 Å². The van der Waals surface area contributed by atoms with E-state index in [-0.39, 0.29) is 26.3 Å². The van der Waals surface area contributed by atoms with Crippen LogP contribution in [-0.4, -0.2) is 63.7 Å². The van der Waals surface area contributed by atoms with E-state index in [0.717, 1.165) is 46.8 Å². The molecule has 2 amide bonds. The van der Waals surface area contributed by atoms with Crippen LogP contribution in [0, 0.1) is 11.8 Å². The molecule has 0 bridgehead atoms. The minimum absolute atomic E-state index is 0.0595. The third kappa shape index (κ3) is 18.7. The first-order valence-corrected chi connectivity index (χ1v) is 34.8. The van der Waals surface area contributed by atoms with Crippen LogP contribution in [0.3, 0.4) is 0 Å². The number of carbonyl (C=O) groups excluding carboxylic acids is 2. The van der Waals surface area contributed by atoms with Gasteiger partial charge in [0.2, 0.25) is 0 Å². The second-order valence-electron chi connectivity index (χ2n) is 21.3. The summed E-state index contributed by atoms with van der Waals surface area (Å²) in [6.45, 7) is 10.6. The fraction of sp³-hybridized carbons (Fsp3) is 0.625. The topological polar surface area (TPSA) is 40.6 Å². The molecule has 4 aromatic heterocycles. The van der Waals surface area contributed by atoms with Gasteiger partial charge in [-0.2, -0.15) is 0 Å². The van der Waals surface area contributed by atoms with Crippen molar-refractivity contribution in [3.8, 4) is 9.31 Å². The molecule has 8 heteroatoms. The fourth-order valence-corrected chi connectivity index (χ4v) is 16.4. The predicted octanol–water partition coefficient (Wildman–Crippen LogP) is 19.4. The van der Waals surface area contributed by atoms with Crippen molar-refractivity contribution in [2.24, 2.45) is 11.8 Å². The van der Waals surface area contributed by atoms with Crippen LogP contribution >= 0.6 is 22.7 Å². The van der Waals surface area contributed by atoms with Crippen molar-refractivity contribution < 1.29 is 9.59 Å². The second kappa shape index (κ2) is 34.3. The van der Waals surface area contributed by atoms with Crippen molar-refractivity contribution in [2.45, 2.75) is 233 Å². The summed E-state index contributed by atoms with van der Waals surface area (Å²) < 4.78 is 4.20. The minimum atomic E-state index is 0.0595. The van der Waals surface area contributed by atoms with E-state index in [9.17, 15) is 0 Å². The van der Waals surface area contributed by atoms with Gasteiger partial charge in [-0.05, 0) is 0 Å². The van der Waals surface area contributed by atoms with E-state index in [0.29, 0.717) is 50.6 Å². The first kappa shape index (κ1) is 58.8. The van der Waals surface area contributed by atoms with Gasteiger partial charge in [0.25, 0.3) is 0 Å². The van der Waals surface area contributed by atoms with Gasteiger partial charge in [-0.1, -0.05) is 156 Å². The van der Waals surface area contributed by atoms with Crippen molar-refractivity contribution >= 4 is 87.0 Å². The molecule has 0 saturated carbocycles. The van der Waals surface area contributed by atoms with Gasteiger partial charge in [-0.15, -0.1) is 0 Å². The zero-order valence-corrected chi connectivity index (χ0v) is 50.5. The van der Waals surface area contributed by atoms with Gasteiger partial charge in [0, 0.05) is 0 Å². The number of unbranched alkanes of at least 4 members (excludes halogenated alkanes) is 24. The molecule has 2 aliphatic heterocycles. The van der Waals surface area contributed by atoms with Crippen molar-refractivity contribution in [1.82, 2.24) is 9.80 Å². The van der Waals surface area contributed by atoms with E-state index in [1.54, 1.807) is 22.7 Å². The summed E-state index contributed by atoms with van der Waals surface area (Å²) in [4.78, 5) is 41.3. The monoisotopic (exact) mass is 1150 g/mol. The molecular weight excluding hydrogens is 1050 g/mol. The number of hydrogen-bond acceptors (Lipinski definition) is 4. The average molecular weight is 1150 g/mol. The van der Waals surface area contributed by atoms with Gasteiger partial charge < -0.3 is 0 Å². The normalized spacial score (nSPS) is 14.9. The van der Waals surface area contributed by atoms with E-state index in [1.807, 2.05) is 0 Å². The molecule has 4 nitrogen and oxygen atoms in total. The predicted molar refractivity (Wildman–Crippen MR) is 318 cm³/mol. The van der Waals surface area contributed by atoms with E-state index < -0.39 is 0 Å². The summed E-state index contributed by atoms with van der Waals surface area (Å²) in [5.41, 5.74) is 3.15. The molecule has 0 spiro atoms. The zero-order valence-electron chi connectivity index (χ0n) is 45.5. The number of carbonyl (C=O) groups is 2. The fourth-order valence-electron chi connectivity index (χ4n) is 11.1. The van der Waals surface area contributed by atoms with Crippen molar-refractivity contribution in [3.63, 3.8) is 0 Å². The molecule has 0 aromatic carbocycles. The first-order valence-electron chi connectivity index (χ1n) is 29.6. The maximum absolute atomic E-state index is 15.7. The summed E-state index contributed by atoms with van der Waals surface area (Å²) in [7, 11) is 0. The molecule has 4 aromatic rings. The summed E-state index contributed by atoms with van der Waals surface area (Å²) in [6, 6.07) is 17.8. The third-order valence-electron chi connectivity index (χ3n) is 15.3. The molecule has 72 heavy (non-hydrogen) atoms. The Morgan fingerprint density at radius 3 is 1.32 bits per heavy atom. The van der Waals surface area contributed by atoms with Crippen molar-refractivity contribution in [1.29, 1.82) is 0 Å². The molecule has 0 saturated heterocycles. The summed E-state index contributed by atoms with van der Waals surface area (Å²) in [6.07, 6.45) is 45.6. The number of rotatable bonds is 41. The van der Waals surface area contributed by atoms with Gasteiger partial charge >= 0.3 is 306 Å². The number of thiophene rings is 2. The van der Waals surface area contributed by atoms with Crippen LogP contribution < -0.4 is 0 Å². The SMILES string of the molecule is CCCCCCCCCCC(CCCCCCCC)CN1C(=O)C2=C(c3ccc(-c4ccc(/C=C/c5ccc[se]5)[se]4)s3)N(CC(CCCCCCCC)CCCCCCCCCC)C(=O)C2=C1c1cccs1. The van der Waals surface area contributed by atoms with Crippen molar-refractivity contribution in [2.75, 3.05) is 13.1 Å². The Bertz CT molecular complexity index is 2210. The summed E-state index contributed by atoms with van der Waals surface area (Å²) >= 11 is 4.13. The van der Waals surface area contributed by atoms with E-state index >= 15 is 9.59 Å². The van der Waals surface area contributed by atoms with E-state index in [4.69, 9.17) is 0 Å². The summed E-state index contributed by atoms with van der Waals surface area (Å²) in [5.74, 6) is 0.945. The molecule has 396 valence electrons. The van der Waals surface area contributed by atoms with Crippen molar-refractivity contribution in [3.05, 3.63) is 88.6 Å². The number of amides is 2. The standard InChI is InChI=1S/C64H94N2O2S2Se2/c1-5-9-13-17-21-23-27-31-37-51(35-29-25-19-15-11-7-3)49-65-61(56-40-33-47-69-56)59-60(64(65)68)62(57-45-44-55(70-57)58-46-43-54(72-58)42-41-53-39-34-48-71-53)66(63(59)67)50-52(36-30-26-20-16-12-8-4)38-32-28-24-22-18-14-10-6-2/h33-34,39-48,51-52H,5-32,35-38,49-50H2,1-4H3/b42-41+. The Hall–Kier alpha value is -2.44. The van der Waals surface area contributed by atoms with Gasteiger partial charge in [0.05, 0.1) is 0 Å². The average Bonchev–Trinajstić information content (AvgIpc) is 4.27. The second-order valence-corrected chi connectivity index (χ2v) is 27.8. The zero-order chi connectivity index (χ0) is 50.6. The molecule has 0 aliphatic carbocycles. The third-order valence-corrected chi connectivity index (χ3v) is 21.7. The molecule has 2 aliphatic rings. The van der Waals surface area contributed by atoms with Crippen LogP contribution in [0.4, 0.5) is 0 Å². The molecule has 6 rings (SSSR count). The first-order chi connectivity index (χ1) is 35.5. The van der Waals surface area contributed by atoms with Crippen LogP contribution in [-0.2, 0) is 9.59 Å². The Balaban J connectivity index is 1.31. The Labute approximate surface area is 459 Å². The van der Waals surface area contributed by atoms with Gasteiger partial charge in [0.15, 0.2) is 0 Å². The van der Waals surface area contributed by atoms with E-state index in [2.05, 4.69) is 108 Å². The molecular formula is C64H94N2O2S2Se2. The molecule has 2 atom stereocenters. The molecule has 0 fully saturated rings.